The summed E-state index contributed by atoms with van der Waals surface area (Å²) in [4.78, 5) is 0. The molecular formula is C5H11F2NO. The summed E-state index contributed by atoms with van der Waals surface area (Å²) in [5.41, 5.74) is 0. The fourth-order valence-electron chi connectivity index (χ4n) is 0.468. The summed E-state index contributed by atoms with van der Waals surface area (Å²) in [7, 11) is 1.45. The fraction of sp³-hybridized carbons (Fsp3) is 1.00. The predicted octanol–water partition coefficient (Wildman–Crippen LogP) is 0.835. The molecule has 0 aliphatic rings. The highest BCUT2D eigenvalue weighted by atomic mass is 19.3. The first-order valence-corrected chi connectivity index (χ1v) is 2.78. The normalized spacial score (nSPS) is 12.0. The largest absolute Gasteiger partial charge is 0.368 e. The Morgan fingerprint density at radius 2 is 2.11 bits per heavy atom. The molecule has 0 saturated heterocycles. The van der Waals surface area contributed by atoms with Crippen LogP contribution in [0.2, 0.25) is 0 Å². The van der Waals surface area contributed by atoms with Crippen LogP contribution in [0.1, 0.15) is 6.92 Å². The highest BCUT2D eigenvalue weighted by molar-refractivity contribution is 4.53. The molecule has 4 heteroatoms. The molecule has 9 heavy (non-hydrogen) atoms. The average Bonchev–Trinajstić information content (AvgIpc) is 1.64. The molecule has 0 unspecified atom stereocenters. The third kappa shape index (κ3) is 4.29. The number of hydrogen-bond acceptors (Lipinski definition) is 2. The molecule has 0 spiro atoms. The van der Waals surface area contributed by atoms with Crippen molar-refractivity contribution in [1.29, 1.82) is 0 Å². The zero-order valence-corrected chi connectivity index (χ0v) is 5.58. The van der Waals surface area contributed by atoms with Crippen molar-refractivity contribution in [1.82, 2.24) is 5.32 Å². The second kappa shape index (κ2) is 3.74. The number of likely N-dealkylation sites (N-methyl/N-ethyl adjacent to an activating group) is 1. The molecule has 56 valence electrons. The van der Waals surface area contributed by atoms with Gasteiger partial charge in [0.1, 0.15) is 0 Å². The third-order valence-corrected chi connectivity index (χ3v) is 0.738. The zero-order valence-electron chi connectivity index (χ0n) is 5.58. The summed E-state index contributed by atoms with van der Waals surface area (Å²) in [5.74, 6) is 0. The van der Waals surface area contributed by atoms with Crippen molar-refractivity contribution in [3.8, 4) is 0 Å². The minimum absolute atomic E-state index is 0.0364. The Morgan fingerprint density at radius 3 is 2.44 bits per heavy atom. The third-order valence-electron chi connectivity index (χ3n) is 0.738. The molecule has 0 rings (SSSR count). The second-order valence-corrected chi connectivity index (χ2v) is 1.60. The number of halogens is 2. The van der Waals surface area contributed by atoms with Crippen LogP contribution in [-0.4, -0.2) is 26.3 Å². The van der Waals surface area contributed by atoms with Gasteiger partial charge < -0.3 is 10.1 Å². The first kappa shape index (κ1) is 8.78. The quantitative estimate of drug-likeness (QED) is 0.623. The molecule has 0 radical (unpaired) electrons. The Bertz CT molecular complexity index is 69.4. The van der Waals surface area contributed by atoms with E-state index < -0.39 is 12.7 Å². The lowest BCUT2D eigenvalue weighted by Gasteiger charge is -2.14. The molecule has 0 aromatic heterocycles. The lowest BCUT2D eigenvalue weighted by molar-refractivity contribution is -0.230. The van der Waals surface area contributed by atoms with Gasteiger partial charge in [-0.05, 0) is 14.0 Å². The van der Waals surface area contributed by atoms with E-state index in [1.54, 1.807) is 0 Å². The molecule has 0 bridgehead atoms. The first-order valence-electron chi connectivity index (χ1n) is 2.78. The average molecular weight is 139 g/mol. The van der Waals surface area contributed by atoms with Gasteiger partial charge in [0.2, 0.25) is 0 Å². The Morgan fingerprint density at radius 1 is 1.56 bits per heavy atom. The Balaban J connectivity index is 3.43. The van der Waals surface area contributed by atoms with E-state index in [9.17, 15) is 8.78 Å². The summed E-state index contributed by atoms with van der Waals surface area (Å²) >= 11 is 0. The molecule has 0 saturated carbocycles. The number of ether oxygens (including phenoxy) is 1. The van der Waals surface area contributed by atoms with Crippen molar-refractivity contribution >= 4 is 0 Å². The van der Waals surface area contributed by atoms with Gasteiger partial charge in [0.15, 0.2) is 0 Å². The monoisotopic (exact) mass is 139 g/mol. The highest BCUT2D eigenvalue weighted by Crippen LogP contribution is 2.12. The van der Waals surface area contributed by atoms with E-state index in [2.05, 4.69) is 10.1 Å². The molecule has 0 aliphatic heterocycles. The molecule has 0 aliphatic carbocycles. The summed E-state index contributed by atoms with van der Waals surface area (Å²) in [6.45, 7) is 1.14. The molecular weight excluding hydrogens is 128 g/mol. The molecule has 0 amide bonds. The van der Waals surface area contributed by atoms with Crippen LogP contribution < -0.4 is 5.32 Å². The Kier molecular flexibility index (Phi) is 3.65. The van der Waals surface area contributed by atoms with Crippen molar-refractivity contribution in [2.45, 2.75) is 13.0 Å². The Labute approximate surface area is 53.2 Å². The van der Waals surface area contributed by atoms with Gasteiger partial charge in [0.05, 0.1) is 13.2 Å². The van der Waals surface area contributed by atoms with E-state index in [0.29, 0.717) is 0 Å². The second-order valence-electron chi connectivity index (χ2n) is 1.60. The Hall–Kier alpha value is -0.220. The van der Waals surface area contributed by atoms with Crippen LogP contribution in [0.5, 0.6) is 0 Å². The van der Waals surface area contributed by atoms with Crippen molar-refractivity contribution < 1.29 is 13.5 Å². The summed E-state index contributed by atoms with van der Waals surface area (Å²) in [5, 5.41) is 2.32. The SMILES string of the molecule is CCOC(F)(F)CNC. The van der Waals surface area contributed by atoms with Crippen LogP contribution in [0.3, 0.4) is 0 Å². The van der Waals surface area contributed by atoms with Crippen molar-refractivity contribution in [3.63, 3.8) is 0 Å². The van der Waals surface area contributed by atoms with E-state index in [-0.39, 0.29) is 6.61 Å². The highest BCUT2D eigenvalue weighted by Gasteiger charge is 2.27. The molecule has 0 atom stereocenters. The first-order chi connectivity index (χ1) is 4.12. The zero-order chi connectivity index (χ0) is 7.33. The van der Waals surface area contributed by atoms with Crippen LogP contribution >= 0.6 is 0 Å². The summed E-state index contributed by atoms with van der Waals surface area (Å²) in [6, 6.07) is 0. The van der Waals surface area contributed by atoms with Crippen LogP contribution in [0.25, 0.3) is 0 Å². The maximum atomic E-state index is 12.1. The summed E-state index contributed by atoms with van der Waals surface area (Å²) in [6.07, 6.45) is -3.01. The minimum atomic E-state index is -3.01. The molecule has 2 nitrogen and oxygen atoms in total. The summed E-state index contributed by atoms with van der Waals surface area (Å²) < 4.78 is 28.4. The topological polar surface area (TPSA) is 21.3 Å². The van der Waals surface area contributed by atoms with Gasteiger partial charge in [0.25, 0.3) is 0 Å². The maximum absolute atomic E-state index is 12.1. The van der Waals surface area contributed by atoms with E-state index in [1.807, 2.05) is 0 Å². The van der Waals surface area contributed by atoms with E-state index in [1.165, 1.54) is 14.0 Å². The van der Waals surface area contributed by atoms with Gasteiger partial charge in [-0.2, -0.15) is 8.78 Å². The van der Waals surface area contributed by atoms with Gasteiger partial charge >= 0.3 is 6.11 Å². The predicted molar refractivity (Wildman–Crippen MR) is 30.5 cm³/mol. The van der Waals surface area contributed by atoms with Crippen LogP contribution in [0.15, 0.2) is 0 Å². The van der Waals surface area contributed by atoms with Crippen LogP contribution in [0, 0.1) is 0 Å². The maximum Gasteiger partial charge on any atom is 0.368 e. The molecule has 0 heterocycles. The van der Waals surface area contributed by atoms with E-state index in [4.69, 9.17) is 0 Å². The number of rotatable bonds is 4. The van der Waals surface area contributed by atoms with E-state index in [0.717, 1.165) is 0 Å². The van der Waals surface area contributed by atoms with Crippen LogP contribution in [-0.2, 0) is 4.74 Å². The van der Waals surface area contributed by atoms with Gasteiger partial charge in [0, 0.05) is 0 Å². The molecule has 0 fully saturated rings. The minimum Gasteiger partial charge on any atom is -0.320 e. The standard InChI is InChI=1S/C5H11F2NO/c1-3-9-5(6,7)4-8-2/h8H,3-4H2,1-2H3. The fourth-order valence-corrected chi connectivity index (χ4v) is 0.468. The number of alkyl halides is 2. The van der Waals surface area contributed by atoms with Gasteiger partial charge in [-0.1, -0.05) is 0 Å². The van der Waals surface area contributed by atoms with Gasteiger partial charge in [-0.15, -0.1) is 0 Å². The lowest BCUT2D eigenvalue weighted by Crippen LogP contribution is -2.33. The number of nitrogens with one attached hydrogen (secondary N) is 1. The number of hydrogen-bond donors (Lipinski definition) is 1. The van der Waals surface area contributed by atoms with Crippen molar-refractivity contribution in [3.05, 3.63) is 0 Å². The molecule has 1 N–H and O–H groups in total. The molecule has 0 aromatic rings. The van der Waals surface area contributed by atoms with Crippen molar-refractivity contribution in [2.24, 2.45) is 0 Å². The van der Waals surface area contributed by atoms with E-state index >= 15 is 0 Å². The smallest absolute Gasteiger partial charge is 0.320 e. The van der Waals surface area contributed by atoms with Crippen LogP contribution in [0.4, 0.5) is 8.78 Å². The van der Waals surface area contributed by atoms with Crippen molar-refractivity contribution in [2.75, 3.05) is 20.2 Å². The van der Waals surface area contributed by atoms with Gasteiger partial charge in [-0.25, -0.2) is 0 Å². The lowest BCUT2D eigenvalue weighted by atomic mass is 10.6. The molecule has 0 aromatic carbocycles. The van der Waals surface area contributed by atoms with Gasteiger partial charge in [-0.3, -0.25) is 0 Å².